The zero-order valence-electron chi connectivity index (χ0n) is 74.1. The minimum atomic E-state index is -5.74. The molecule has 740 valence electrons. The molecular formula is C86H114Cl2N12O33P2. The van der Waals surface area contributed by atoms with E-state index in [1.54, 1.807) is 19.2 Å². The van der Waals surface area contributed by atoms with Crippen LogP contribution in [0.4, 0.5) is 0 Å². The van der Waals surface area contributed by atoms with Gasteiger partial charge < -0.3 is 168 Å². The number of phenols is 3. The Hall–Kier alpha value is -10.3. The number of aliphatic hydroxyl groups is 6. The maximum atomic E-state index is 16.5. The average molecular weight is 1980 g/mol. The third-order valence-electron chi connectivity index (χ3n) is 23.6. The maximum Gasteiger partial charge on any atom is 0.360 e. The zero-order chi connectivity index (χ0) is 99.2. The number of amides is 9. The molecule has 7 aliphatic rings. The number of primary amides is 1. The number of aromatic hydroxyl groups is 3. The lowest BCUT2D eigenvalue weighted by atomic mass is 9.82. The molecule has 7 aliphatic heterocycles. The Bertz CT molecular complexity index is 5270. The summed E-state index contributed by atoms with van der Waals surface area (Å²) >= 11 is 14.4. The van der Waals surface area contributed by atoms with Gasteiger partial charge in [0.25, 0.3) is 0 Å². The first-order valence-corrected chi connectivity index (χ1v) is 47.6. The van der Waals surface area contributed by atoms with Gasteiger partial charge in [0.1, 0.15) is 102 Å². The van der Waals surface area contributed by atoms with Crippen LogP contribution in [0.25, 0.3) is 11.1 Å². The predicted molar refractivity (Wildman–Crippen MR) is 475 cm³/mol. The summed E-state index contributed by atoms with van der Waals surface area (Å²) in [6.07, 6.45) is -15.4. The summed E-state index contributed by atoms with van der Waals surface area (Å²) in [6.45, 7) is 6.57. The van der Waals surface area contributed by atoms with E-state index in [9.17, 15) is 109 Å². The number of hydrogen-bond acceptors (Lipinski definition) is 31. The van der Waals surface area contributed by atoms with Crippen LogP contribution in [0.1, 0.15) is 182 Å². The van der Waals surface area contributed by atoms with E-state index < -0.39 is 317 Å². The molecule has 18 atom stereocenters. The van der Waals surface area contributed by atoms with Crippen molar-refractivity contribution in [3.63, 3.8) is 0 Å². The number of nitrogens with zero attached hydrogens (tertiary/aromatic N) is 1. The first kappa shape index (κ1) is 107. The standard InChI is InChI=1S/C86H114Cl2N12O33P2/c1-7-8-9-10-11-12-13-14-23-91-24-26-100(61(107)22-21-60(106)94-85(134(122,123)124)135(125,126)127)86(5)36-62(128-40(4)76(86)113)132-75-73(112)72(111)58(38-102)131-84(75)133-74-56-32-44-33-57(74)130-55-20-17-43(31-49(55)88)70(109)68-82(119)97-66(83(120)121)46-34-53(104)47(37-92-25-27-101)71(110)63(46)45-29-41(15-18-52(45)103)64(79(116)99-68)96-80(117)65(44)95-78(115)51(35-59(89)105)93-81(118)67(98-77(114)50(90-6)28-39(2)3)69(108)42-16-19-54(129-56)48(87)30-42/h15-20,27,29-34,39-40,50-51,58,62,64-70,72-73,75-76,84-85,90-92,102-104,108-113H,7-14,21-26,28,35-38H2,1-6H3,(H2,89,105)(H,93,118)(H,94,106)(H,95,115)(H,96,117)(H,97,119)(H,98,114)(H,99,116)(H,120,121)(H2,122,123,124)(H2,125,126,127). The SMILES string of the molecule is CCCCCCCCCCNCCN(C(=O)CCC(=O)NC(P(=O)(O)O)P(=O)(O)O)C1(C)CC(OC2C(Oc3c4cc5cc3Oc3ccc(cc3Cl)C(O)C3NC(=O)C(NC(=O)C5NC(=O)C(CC(N)=O)NC(=O)C(NC(=O)C(CC(C)C)NC)C(O)c5ccc(c(Cl)c5)O4)c4ccc(O)c(c4)-c4c(cc(O)c(CNCC=O)c4O)C(C(=O)O)NC3=O)OC(CO)C(O)C2O)OC(C)C1O. The number of ether oxygens (including phenoxy) is 6. The molecule has 12 rings (SSSR count). The first-order valence-electron chi connectivity index (χ1n) is 43.5. The molecule has 135 heavy (non-hydrogen) atoms. The number of benzene rings is 5. The van der Waals surface area contributed by atoms with Crippen molar-refractivity contribution in [2.75, 3.05) is 39.8 Å². The quantitative estimate of drug-likeness (QED) is 0.0154. The Morgan fingerprint density at radius 1 is 0.696 bits per heavy atom. The Kier molecular flexibility index (Phi) is 36.9. The number of halogens is 2. The van der Waals surface area contributed by atoms with Gasteiger partial charge in [0.05, 0.1) is 52.9 Å². The van der Waals surface area contributed by atoms with Gasteiger partial charge in [0.15, 0.2) is 29.9 Å². The van der Waals surface area contributed by atoms with E-state index in [4.69, 9.17) is 57.4 Å². The van der Waals surface area contributed by atoms with Gasteiger partial charge in [-0.2, -0.15) is 0 Å². The minimum absolute atomic E-state index is 0.0104. The molecule has 7 heterocycles. The number of carboxylic acids is 1. The van der Waals surface area contributed by atoms with Gasteiger partial charge >= 0.3 is 21.2 Å². The number of aldehydes is 1. The molecule has 9 amide bonds. The van der Waals surface area contributed by atoms with E-state index in [-0.39, 0.29) is 43.1 Å². The van der Waals surface area contributed by atoms with E-state index in [1.807, 2.05) is 0 Å². The van der Waals surface area contributed by atoms with E-state index in [0.29, 0.717) is 19.3 Å². The van der Waals surface area contributed by atoms with Gasteiger partial charge in [-0.25, -0.2) is 4.79 Å². The van der Waals surface area contributed by atoms with Crippen LogP contribution in [0, 0.1) is 5.92 Å². The monoisotopic (exact) mass is 1970 g/mol. The Morgan fingerprint density at radius 3 is 1.88 bits per heavy atom. The summed E-state index contributed by atoms with van der Waals surface area (Å²) in [4.78, 5) is 200. The highest BCUT2D eigenvalue weighted by Crippen LogP contribution is 2.59. The van der Waals surface area contributed by atoms with Crippen LogP contribution in [0.3, 0.4) is 0 Å². The molecule has 45 nitrogen and oxygen atoms in total. The van der Waals surface area contributed by atoms with Gasteiger partial charge in [0.2, 0.25) is 70.7 Å². The molecule has 2 saturated heterocycles. The number of fused-ring (bicyclic) bond motifs is 15. The summed E-state index contributed by atoms with van der Waals surface area (Å²) in [7, 11) is -10.0. The number of phenolic OH excluding ortho intramolecular Hbond substituents is 3. The highest BCUT2D eigenvalue weighted by molar-refractivity contribution is 7.70. The number of hydrogen-bond donors (Lipinski definition) is 25. The second-order valence-corrected chi connectivity index (χ2v) is 38.6. The maximum absolute atomic E-state index is 16.5. The van der Waals surface area contributed by atoms with Crippen molar-refractivity contribution < 1.29 is 161 Å². The van der Waals surface area contributed by atoms with Gasteiger partial charge in [-0.3, -0.25) is 52.3 Å². The summed E-state index contributed by atoms with van der Waals surface area (Å²) in [5, 5.41) is 143. The van der Waals surface area contributed by atoms with Crippen LogP contribution >= 0.6 is 38.4 Å². The Balaban J connectivity index is 1.18. The van der Waals surface area contributed by atoms with E-state index >= 15 is 24.0 Å². The Morgan fingerprint density at radius 2 is 1.30 bits per heavy atom. The Labute approximate surface area is 783 Å². The molecule has 0 aliphatic carbocycles. The highest BCUT2D eigenvalue weighted by atomic mass is 35.5. The number of carbonyl (C=O) groups is 11. The fraction of sp³-hybridized carbons (Fsp3) is 0.523. The van der Waals surface area contributed by atoms with Crippen LogP contribution in [0.15, 0.2) is 72.8 Å². The number of likely N-dealkylation sites (N-methyl/N-ethyl adjacent to an activating group) is 1. The van der Waals surface area contributed by atoms with Crippen molar-refractivity contribution in [2.24, 2.45) is 11.7 Å². The van der Waals surface area contributed by atoms with Crippen molar-refractivity contribution >= 4 is 104 Å². The smallest absolute Gasteiger partial charge is 0.360 e. The molecule has 18 unspecified atom stereocenters. The van der Waals surface area contributed by atoms with Gasteiger partial charge in [-0.05, 0) is 123 Å². The number of carboxylic acid groups (broad SMARTS) is 1. The fourth-order valence-electron chi connectivity index (χ4n) is 16.5. The lowest BCUT2D eigenvalue weighted by molar-refractivity contribution is -0.337. The predicted octanol–water partition coefficient (Wildman–Crippen LogP) is 1.53. The van der Waals surface area contributed by atoms with Gasteiger partial charge in [-0.15, -0.1) is 0 Å². The molecule has 11 bridgehead atoms. The molecule has 0 aromatic heterocycles. The van der Waals surface area contributed by atoms with Crippen LogP contribution < -0.4 is 73.1 Å². The summed E-state index contributed by atoms with van der Waals surface area (Å²) in [5.41, 5.74) is -3.10. The molecule has 49 heteroatoms. The molecule has 0 radical (unpaired) electrons. The average Bonchev–Trinajstić information content (AvgIpc) is 0.757. The van der Waals surface area contributed by atoms with E-state index in [2.05, 4.69) is 54.8 Å². The summed E-state index contributed by atoms with van der Waals surface area (Å²) < 4.78 is 64.0. The van der Waals surface area contributed by atoms with Crippen LogP contribution in [-0.4, -0.2) is 265 Å². The second-order valence-electron chi connectivity index (χ2n) is 34.0. The summed E-state index contributed by atoms with van der Waals surface area (Å²) in [5.74, 6) is -20.0. The topological polar surface area (TPSA) is 710 Å². The number of nitrogens with two attached hydrogens (primary N) is 1. The zero-order valence-corrected chi connectivity index (χ0v) is 77.4. The number of rotatable bonds is 36. The highest BCUT2D eigenvalue weighted by Gasteiger charge is 2.55. The van der Waals surface area contributed by atoms with E-state index in [0.717, 1.165) is 123 Å². The largest absolute Gasteiger partial charge is 0.507 e. The first-order chi connectivity index (χ1) is 63.7. The normalized spacial score (nSPS) is 25.2. The van der Waals surface area contributed by atoms with Crippen LogP contribution in [-0.2, 0) is 82.6 Å². The summed E-state index contributed by atoms with van der Waals surface area (Å²) in [6, 6.07) is -3.08. The lowest BCUT2D eigenvalue weighted by Gasteiger charge is -2.52. The third-order valence-corrected chi connectivity index (χ3v) is 27.6. The van der Waals surface area contributed by atoms with Gasteiger partial charge in [-0.1, -0.05) is 107 Å². The third kappa shape index (κ3) is 26.1. The molecular weight excluding hydrogens is 1860 g/mol. The van der Waals surface area contributed by atoms with Crippen molar-refractivity contribution in [2.45, 2.75) is 239 Å². The number of nitrogens with one attached hydrogen (secondary N) is 10. The van der Waals surface area contributed by atoms with Crippen LogP contribution in [0.2, 0.25) is 10.0 Å². The van der Waals surface area contributed by atoms with Crippen molar-refractivity contribution in [3.05, 3.63) is 116 Å². The lowest BCUT2D eigenvalue weighted by Crippen LogP contribution is -2.67. The molecule has 0 spiro atoms. The molecule has 5 aromatic carbocycles. The van der Waals surface area contributed by atoms with Crippen molar-refractivity contribution in [1.29, 1.82) is 0 Å². The van der Waals surface area contributed by atoms with Crippen molar-refractivity contribution in [3.8, 4) is 57.1 Å². The van der Waals surface area contributed by atoms with Crippen LogP contribution in [0.5, 0.6) is 46.0 Å². The second kappa shape index (κ2) is 46.7. The molecule has 26 N–H and O–H groups in total. The number of carbonyl (C=O) groups excluding carboxylic acids is 10. The van der Waals surface area contributed by atoms with Gasteiger partial charge in [0, 0.05) is 55.6 Å². The fourth-order valence-corrected chi connectivity index (χ4v) is 19.2. The number of aliphatic carboxylic acids is 1. The number of unbranched alkanes of at least 4 members (excludes halogenated alkanes) is 7. The van der Waals surface area contributed by atoms with Crippen molar-refractivity contribution in [1.82, 2.24) is 58.1 Å². The van der Waals surface area contributed by atoms with E-state index in [1.165, 1.54) is 20.9 Å². The minimum Gasteiger partial charge on any atom is -0.507 e. The molecule has 5 aromatic rings. The molecule has 0 saturated carbocycles. The number of aliphatic hydroxyl groups excluding tert-OH is 6. The molecule has 2 fully saturated rings.